The molecule has 16 heavy (non-hydrogen) atoms. The van der Waals surface area contributed by atoms with Crippen LogP contribution < -0.4 is 0 Å². The van der Waals surface area contributed by atoms with Gasteiger partial charge < -0.3 is 9.84 Å². The van der Waals surface area contributed by atoms with Gasteiger partial charge in [-0.15, -0.1) is 0 Å². The van der Waals surface area contributed by atoms with E-state index in [1.54, 1.807) is 7.11 Å². The van der Waals surface area contributed by atoms with E-state index in [9.17, 15) is 5.11 Å². The molecule has 1 N–H and O–H groups in total. The van der Waals surface area contributed by atoms with Gasteiger partial charge in [0.25, 0.3) is 0 Å². The first kappa shape index (κ1) is 12.4. The van der Waals surface area contributed by atoms with E-state index in [2.05, 4.69) is 6.92 Å². The van der Waals surface area contributed by atoms with Crippen LogP contribution in [0.3, 0.4) is 0 Å². The molecule has 0 heterocycles. The summed E-state index contributed by atoms with van der Waals surface area (Å²) in [5.41, 5.74) is -0.180. The fourth-order valence-electron chi connectivity index (χ4n) is 3.57. The van der Waals surface area contributed by atoms with E-state index in [0.717, 1.165) is 18.8 Å². The molecule has 0 radical (unpaired) electrons. The van der Waals surface area contributed by atoms with Crippen molar-refractivity contribution in [2.24, 2.45) is 11.8 Å². The average molecular weight is 226 g/mol. The van der Waals surface area contributed by atoms with E-state index in [1.165, 1.54) is 38.5 Å². The molecule has 0 aromatic rings. The summed E-state index contributed by atoms with van der Waals surface area (Å²) in [6, 6.07) is 0. The van der Waals surface area contributed by atoms with Gasteiger partial charge in [-0.1, -0.05) is 26.2 Å². The molecule has 0 aromatic carbocycles. The lowest BCUT2D eigenvalue weighted by molar-refractivity contribution is -0.172. The molecule has 0 aromatic heterocycles. The van der Waals surface area contributed by atoms with Crippen molar-refractivity contribution in [3.05, 3.63) is 0 Å². The van der Waals surface area contributed by atoms with Crippen molar-refractivity contribution >= 4 is 0 Å². The second kappa shape index (κ2) is 5.05. The number of hydrogen-bond donors (Lipinski definition) is 1. The number of ether oxygens (including phenoxy) is 1. The molecule has 0 saturated heterocycles. The van der Waals surface area contributed by atoms with Crippen molar-refractivity contribution in [2.45, 2.75) is 70.0 Å². The standard InChI is InChI=1S/C14H26O2/c1-3-11-6-4-7-12(10-11)13(15)14(16-2)8-5-9-14/h11-13,15H,3-10H2,1-2H3. The Labute approximate surface area is 99.4 Å². The van der Waals surface area contributed by atoms with Crippen molar-refractivity contribution < 1.29 is 9.84 Å². The van der Waals surface area contributed by atoms with Crippen LogP contribution in [0.1, 0.15) is 58.3 Å². The summed E-state index contributed by atoms with van der Waals surface area (Å²) >= 11 is 0. The summed E-state index contributed by atoms with van der Waals surface area (Å²) in [5.74, 6) is 1.32. The van der Waals surface area contributed by atoms with E-state index in [-0.39, 0.29) is 11.7 Å². The van der Waals surface area contributed by atoms with Crippen LogP contribution in [0.5, 0.6) is 0 Å². The maximum atomic E-state index is 10.5. The Morgan fingerprint density at radius 1 is 1.31 bits per heavy atom. The first-order valence-electron chi connectivity index (χ1n) is 6.95. The summed E-state index contributed by atoms with van der Waals surface area (Å²) < 4.78 is 5.61. The molecule has 2 saturated carbocycles. The highest BCUT2D eigenvalue weighted by molar-refractivity contribution is 4.99. The largest absolute Gasteiger partial charge is 0.390 e. The Morgan fingerprint density at radius 2 is 2.06 bits per heavy atom. The second-order valence-electron chi connectivity index (χ2n) is 5.77. The van der Waals surface area contributed by atoms with Gasteiger partial charge in [-0.25, -0.2) is 0 Å². The molecular formula is C14H26O2. The normalized spacial score (nSPS) is 35.4. The van der Waals surface area contributed by atoms with E-state index >= 15 is 0 Å². The molecule has 2 nitrogen and oxygen atoms in total. The summed E-state index contributed by atoms with van der Waals surface area (Å²) in [7, 11) is 1.77. The van der Waals surface area contributed by atoms with Crippen LogP contribution in [0.15, 0.2) is 0 Å². The van der Waals surface area contributed by atoms with Gasteiger partial charge in [0.15, 0.2) is 0 Å². The van der Waals surface area contributed by atoms with Crippen molar-refractivity contribution in [2.75, 3.05) is 7.11 Å². The molecule has 3 atom stereocenters. The zero-order valence-corrected chi connectivity index (χ0v) is 10.7. The van der Waals surface area contributed by atoms with Crippen LogP contribution in [0, 0.1) is 11.8 Å². The molecule has 2 aliphatic carbocycles. The molecule has 3 unspecified atom stereocenters. The molecule has 0 aliphatic heterocycles. The third-order valence-electron chi connectivity index (χ3n) is 4.99. The van der Waals surface area contributed by atoms with Gasteiger partial charge in [0.2, 0.25) is 0 Å². The van der Waals surface area contributed by atoms with Crippen LogP contribution >= 0.6 is 0 Å². The van der Waals surface area contributed by atoms with E-state index in [1.807, 2.05) is 0 Å². The van der Waals surface area contributed by atoms with Gasteiger partial charge in [-0.2, -0.15) is 0 Å². The number of hydrogen-bond acceptors (Lipinski definition) is 2. The third kappa shape index (κ3) is 2.14. The predicted octanol–water partition coefficient (Wildman–Crippen LogP) is 3.13. The molecule has 0 spiro atoms. The first-order chi connectivity index (χ1) is 7.72. The second-order valence-corrected chi connectivity index (χ2v) is 5.77. The highest BCUT2D eigenvalue weighted by Crippen LogP contribution is 2.44. The van der Waals surface area contributed by atoms with Crippen LogP contribution in [-0.4, -0.2) is 23.9 Å². The molecule has 2 rings (SSSR count). The summed E-state index contributed by atoms with van der Waals surface area (Å²) in [4.78, 5) is 0. The highest BCUT2D eigenvalue weighted by atomic mass is 16.5. The van der Waals surface area contributed by atoms with Gasteiger partial charge in [-0.3, -0.25) is 0 Å². The Morgan fingerprint density at radius 3 is 2.56 bits per heavy atom. The topological polar surface area (TPSA) is 29.5 Å². The molecule has 94 valence electrons. The third-order valence-corrected chi connectivity index (χ3v) is 4.99. The molecule has 0 bridgehead atoms. The Balaban J connectivity index is 1.95. The van der Waals surface area contributed by atoms with Crippen LogP contribution in [-0.2, 0) is 4.74 Å². The monoisotopic (exact) mass is 226 g/mol. The lowest BCUT2D eigenvalue weighted by atomic mass is 9.67. The van der Waals surface area contributed by atoms with E-state index in [4.69, 9.17) is 4.74 Å². The van der Waals surface area contributed by atoms with Crippen LogP contribution in [0.2, 0.25) is 0 Å². The summed E-state index contributed by atoms with van der Waals surface area (Å²) in [6.45, 7) is 2.27. The van der Waals surface area contributed by atoms with Gasteiger partial charge in [0, 0.05) is 7.11 Å². The smallest absolute Gasteiger partial charge is 0.0939 e. The lowest BCUT2D eigenvalue weighted by Gasteiger charge is -2.48. The van der Waals surface area contributed by atoms with E-state index < -0.39 is 0 Å². The SMILES string of the molecule is CCC1CCCC(C(O)C2(OC)CCC2)C1. The van der Waals surface area contributed by atoms with Gasteiger partial charge in [0.1, 0.15) is 0 Å². The van der Waals surface area contributed by atoms with Crippen molar-refractivity contribution in [3.8, 4) is 0 Å². The predicted molar refractivity (Wildman–Crippen MR) is 65.3 cm³/mol. The molecule has 0 amide bonds. The van der Waals surface area contributed by atoms with Gasteiger partial charge in [0.05, 0.1) is 11.7 Å². The summed E-state index contributed by atoms with van der Waals surface area (Å²) in [6.07, 6.45) is 9.43. The molecular weight excluding hydrogens is 200 g/mol. The lowest BCUT2D eigenvalue weighted by Crippen LogP contribution is -2.53. The molecule has 2 fully saturated rings. The molecule has 2 aliphatic rings. The van der Waals surface area contributed by atoms with Gasteiger partial charge in [-0.05, 0) is 43.9 Å². The Hall–Kier alpha value is -0.0800. The minimum Gasteiger partial charge on any atom is -0.390 e. The van der Waals surface area contributed by atoms with Crippen molar-refractivity contribution in [1.29, 1.82) is 0 Å². The van der Waals surface area contributed by atoms with E-state index in [0.29, 0.717) is 5.92 Å². The summed E-state index contributed by atoms with van der Waals surface area (Å²) in [5, 5.41) is 10.5. The Kier molecular flexibility index (Phi) is 3.91. The van der Waals surface area contributed by atoms with Crippen molar-refractivity contribution in [1.82, 2.24) is 0 Å². The average Bonchev–Trinajstić information content (AvgIpc) is 2.28. The number of aliphatic hydroxyl groups excluding tert-OH is 1. The van der Waals surface area contributed by atoms with Crippen molar-refractivity contribution in [3.63, 3.8) is 0 Å². The quantitative estimate of drug-likeness (QED) is 0.798. The number of rotatable bonds is 4. The van der Waals surface area contributed by atoms with Crippen LogP contribution in [0.4, 0.5) is 0 Å². The fraction of sp³-hybridized carbons (Fsp3) is 1.00. The fourth-order valence-corrected chi connectivity index (χ4v) is 3.57. The zero-order chi connectivity index (χ0) is 11.6. The highest BCUT2D eigenvalue weighted by Gasteiger charge is 2.47. The minimum atomic E-state index is -0.222. The maximum absolute atomic E-state index is 10.5. The number of methoxy groups -OCH3 is 1. The molecule has 2 heteroatoms. The maximum Gasteiger partial charge on any atom is 0.0939 e. The minimum absolute atomic E-state index is 0.180. The number of aliphatic hydroxyl groups is 1. The van der Waals surface area contributed by atoms with Crippen LogP contribution in [0.25, 0.3) is 0 Å². The Bertz CT molecular complexity index is 217. The van der Waals surface area contributed by atoms with Gasteiger partial charge >= 0.3 is 0 Å². The first-order valence-corrected chi connectivity index (χ1v) is 6.95. The zero-order valence-electron chi connectivity index (χ0n) is 10.7.